The van der Waals surface area contributed by atoms with Gasteiger partial charge in [0.05, 0.1) is 25.2 Å². The first kappa shape index (κ1) is 22.5. The molecule has 0 aromatic heterocycles. The van der Waals surface area contributed by atoms with E-state index in [0.29, 0.717) is 41.4 Å². The lowest BCUT2D eigenvalue weighted by molar-refractivity contribution is 0.354. The van der Waals surface area contributed by atoms with Gasteiger partial charge >= 0.3 is 0 Å². The summed E-state index contributed by atoms with van der Waals surface area (Å²) in [5.74, 6) is 1.42. The molecule has 3 N–H and O–H groups in total. The Labute approximate surface area is 178 Å². The van der Waals surface area contributed by atoms with E-state index in [-0.39, 0.29) is 29.8 Å². The fourth-order valence-corrected chi connectivity index (χ4v) is 2.67. The number of methoxy groups -OCH3 is 2. The summed E-state index contributed by atoms with van der Waals surface area (Å²) in [7, 11) is 3.19. The van der Waals surface area contributed by atoms with Crippen LogP contribution in [0.5, 0.6) is 11.5 Å². The van der Waals surface area contributed by atoms with Crippen molar-refractivity contribution in [3.63, 3.8) is 0 Å². The van der Waals surface area contributed by atoms with Crippen molar-refractivity contribution in [2.45, 2.75) is 13.0 Å². The second-order valence-corrected chi connectivity index (χ2v) is 6.17. The summed E-state index contributed by atoms with van der Waals surface area (Å²) in [4.78, 5) is 4.31. The molecule has 0 fully saturated rings. The summed E-state index contributed by atoms with van der Waals surface area (Å²) < 4.78 is 24.1. The molecule has 0 bridgehead atoms. The molecule has 0 saturated heterocycles. The maximum absolute atomic E-state index is 13.2. The second kappa shape index (κ2) is 11.2. The highest BCUT2D eigenvalue weighted by Crippen LogP contribution is 2.27. The Morgan fingerprint density at radius 2 is 1.81 bits per heavy atom. The minimum Gasteiger partial charge on any atom is -0.493 e. The monoisotopic (exact) mass is 537 g/mol. The number of nitrogens with two attached hydrogens (primary N) is 1. The summed E-state index contributed by atoms with van der Waals surface area (Å²) in [6.07, 6.45) is 0.714. The van der Waals surface area contributed by atoms with Crippen molar-refractivity contribution < 1.29 is 13.9 Å². The Hall–Kier alpha value is -1.55. The zero-order valence-corrected chi connectivity index (χ0v) is 18.5. The van der Waals surface area contributed by atoms with Gasteiger partial charge in [-0.25, -0.2) is 9.38 Å². The lowest BCUT2D eigenvalue weighted by Gasteiger charge is -2.09. The molecule has 0 amide bonds. The number of rotatable bonds is 7. The number of ether oxygens (including phenoxy) is 2. The van der Waals surface area contributed by atoms with Gasteiger partial charge in [0.2, 0.25) is 0 Å². The number of hydrogen-bond donors (Lipinski definition) is 2. The Bertz CT molecular complexity index is 759. The van der Waals surface area contributed by atoms with Crippen LogP contribution in [-0.4, -0.2) is 26.7 Å². The van der Waals surface area contributed by atoms with Gasteiger partial charge < -0.3 is 20.5 Å². The van der Waals surface area contributed by atoms with Gasteiger partial charge in [-0.05, 0) is 57.7 Å². The Kier molecular flexibility index (Phi) is 9.71. The zero-order chi connectivity index (χ0) is 18.2. The number of halogens is 3. The smallest absolute Gasteiger partial charge is 0.188 e. The number of guanidine groups is 1. The van der Waals surface area contributed by atoms with E-state index in [1.54, 1.807) is 26.4 Å². The maximum Gasteiger partial charge on any atom is 0.188 e. The Balaban J connectivity index is 0.00000338. The SMILES string of the molecule is COc1ccc(CN=C(N)NCCc2ccc(F)c(Br)c2)cc1OC.I. The molecule has 2 aromatic rings. The highest BCUT2D eigenvalue weighted by atomic mass is 127. The van der Waals surface area contributed by atoms with E-state index in [1.165, 1.54) is 6.07 Å². The summed E-state index contributed by atoms with van der Waals surface area (Å²) in [5, 5.41) is 3.05. The highest BCUT2D eigenvalue weighted by Gasteiger charge is 2.04. The molecule has 0 unspecified atom stereocenters. The standard InChI is InChI=1S/C18H21BrFN3O2.HI/c1-24-16-6-4-13(10-17(16)25-2)11-23-18(21)22-8-7-12-3-5-15(20)14(19)9-12;/h3-6,9-10H,7-8,11H2,1-2H3,(H3,21,22,23);1H. The zero-order valence-electron chi connectivity index (χ0n) is 14.6. The number of aliphatic imine (C=N–C) groups is 1. The number of nitrogens with zero attached hydrogens (tertiary/aromatic N) is 1. The van der Waals surface area contributed by atoms with Gasteiger partial charge in [0.25, 0.3) is 0 Å². The molecule has 0 heterocycles. The molecule has 0 atom stereocenters. The van der Waals surface area contributed by atoms with Crippen LogP contribution in [0.4, 0.5) is 4.39 Å². The Morgan fingerprint density at radius 1 is 1.12 bits per heavy atom. The normalized spacial score (nSPS) is 10.8. The molecule has 0 aliphatic heterocycles. The molecule has 0 radical (unpaired) electrons. The third-order valence-corrected chi connectivity index (χ3v) is 4.19. The lowest BCUT2D eigenvalue weighted by atomic mass is 10.1. The molecular weight excluding hydrogens is 516 g/mol. The van der Waals surface area contributed by atoms with Crippen LogP contribution in [0.1, 0.15) is 11.1 Å². The third kappa shape index (κ3) is 6.64. The molecular formula is C18H22BrFIN3O2. The van der Waals surface area contributed by atoms with Crippen LogP contribution < -0.4 is 20.5 Å². The number of benzene rings is 2. The van der Waals surface area contributed by atoms with Gasteiger partial charge in [-0.15, -0.1) is 24.0 Å². The molecule has 5 nitrogen and oxygen atoms in total. The van der Waals surface area contributed by atoms with Gasteiger partial charge in [0, 0.05) is 6.54 Å². The van der Waals surface area contributed by atoms with E-state index in [4.69, 9.17) is 15.2 Å². The highest BCUT2D eigenvalue weighted by molar-refractivity contribution is 14.0. The Morgan fingerprint density at radius 3 is 2.46 bits per heavy atom. The second-order valence-electron chi connectivity index (χ2n) is 5.32. The minimum atomic E-state index is -0.271. The van der Waals surface area contributed by atoms with Crippen LogP contribution in [0.25, 0.3) is 0 Å². The molecule has 2 rings (SSSR count). The topological polar surface area (TPSA) is 68.9 Å². The van der Waals surface area contributed by atoms with Gasteiger partial charge in [-0.3, -0.25) is 0 Å². The van der Waals surface area contributed by atoms with Gasteiger partial charge in [0.15, 0.2) is 17.5 Å². The van der Waals surface area contributed by atoms with Crippen molar-refractivity contribution in [3.05, 3.63) is 57.8 Å². The van der Waals surface area contributed by atoms with Crippen molar-refractivity contribution in [1.82, 2.24) is 5.32 Å². The van der Waals surface area contributed by atoms with E-state index in [9.17, 15) is 4.39 Å². The van der Waals surface area contributed by atoms with Gasteiger partial charge in [-0.2, -0.15) is 0 Å². The van der Waals surface area contributed by atoms with Crippen molar-refractivity contribution in [3.8, 4) is 11.5 Å². The van der Waals surface area contributed by atoms with Crippen molar-refractivity contribution in [1.29, 1.82) is 0 Å². The van der Waals surface area contributed by atoms with Crippen LogP contribution >= 0.6 is 39.9 Å². The van der Waals surface area contributed by atoms with Crippen LogP contribution in [-0.2, 0) is 13.0 Å². The van der Waals surface area contributed by atoms with E-state index in [0.717, 1.165) is 11.1 Å². The van der Waals surface area contributed by atoms with E-state index in [2.05, 4.69) is 26.2 Å². The predicted octanol–water partition coefficient (Wildman–Crippen LogP) is 3.87. The van der Waals surface area contributed by atoms with Crippen molar-refractivity contribution in [2.75, 3.05) is 20.8 Å². The largest absolute Gasteiger partial charge is 0.493 e. The molecule has 0 saturated carbocycles. The molecule has 2 aromatic carbocycles. The summed E-state index contributed by atoms with van der Waals surface area (Å²) in [5.41, 5.74) is 7.85. The van der Waals surface area contributed by atoms with Gasteiger partial charge in [0.1, 0.15) is 5.82 Å². The predicted molar refractivity (Wildman–Crippen MR) is 116 cm³/mol. The first-order chi connectivity index (χ1) is 12.0. The molecule has 0 spiro atoms. The quantitative estimate of drug-likeness (QED) is 0.319. The maximum atomic E-state index is 13.2. The van der Waals surface area contributed by atoms with Gasteiger partial charge in [-0.1, -0.05) is 12.1 Å². The average molecular weight is 538 g/mol. The average Bonchev–Trinajstić information content (AvgIpc) is 2.62. The number of hydrogen-bond acceptors (Lipinski definition) is 3. The lowest BCUT2D eigenvalue weighted by Crippen LogP contribution is -2.33. The third-order valence-electron chi connectivity index (χ3n) is 3.58. The molecule has 0 aliphatic carbocycles. The van der Waals surface area contributed by atoms with Crippen LogP contribution in [0, 0.1) is 5.82 Å². The summed E-state index contributed by atoms with van der Waals surface area (Å²) in [6.45, 7) is 1.04. The molecule has 8 heteroatoms. The van der Waals surface area contributed by atoms with Crippen molar-refractivity contribution in [2.24, 2.45) is 10.7 Å². The molecule has 142 valence electrons. The fourth-order valence-electron chi connectivity index (χ4n) is 2.24. The fraction of sp³-hybridized carbons (Fsp3) is 0.278. The van der Waals surface area contributed by atoms with Crippen LogP contribution in [0.15, 0.2) is 45.9 Å². The number of nitrogens with one attached hydrogen (secondary N) is 1. The molecule has 0 aliphatic rings. The van der Waals surface area contributed by atoms with Crippen LogP contribution in [0.3, 0.4) is 0 Å². The van der Waals surface area contributed by atoms with E-state index < -0.39 is 0 Å². The van der Waals surface area contributed by atoms with E-state index >= 15 is 0 Å². The summed E-state index contributed by atoms with van der Waals surface area (Å²) in [6, 6.07) is 10.6. The molecule has 26 heavy (non-hydrogen) atoms. The summed E-state index contributed by atoms with van der Waals surface area (Å²) >= 11 is 3.18. The minimum absolute atomic E-state index is 0. The van der Waals surface area contributed by atoms with Crippen LogP contribution in [0.2, 0.25) is 0 Å². The first-order valence-electron chi connectivity index (χ1n) is 7.72. The first-order valence-corrected chi connectivity index (χ1v) is 8.51. The van der Waals surface area contributed by atoms with E-state index in [1.807, 2.05) is 18.2 Å². The van der Waals surface area contributed by atoms with Crippen molar-refractivity contribution >= 4 is 45.9 Å².